The lowest BCUT2D eigenvalue weighted by molar-refractivity contribution is 0.0993. The Balaban J connectivity index is 2.25. The number of hydrogen-bond acceptors (Lipinski definition) is 1. The van der Waals surface area contributed by atoms with Gasteiger partial charge in [0.05, 0.1) is 5.02 Å². The molecule has 0 unspecified atom stereocenters. The van der Waals surface area contributed by atoms with E-state index in [0.717, 1.165) is 11.1 Å². The molecule has 0 amide bonds. The third-order valence-corrected chi connectivity index (χ3v) is 3.42. The van der Waals surface area contributed by atoms with E-state index in [-0.39, 0.29) is 12.2 Å². The summed E-state index contributed by atoms with van der Waals surface area (Å²) < 4.78 is 0. The van der Waals surface area contributed by atoms with Crippen LogP contribution in [0.1, 0.15) is 21.5 Å². The molecular formula is C15H12Cl2O. The van der Waals surface area contributed by atoms with Gasteiger partial charge in [-0.3, -0.25) is 4.79 Å². The molecule has 0 aliphatic rings. The van der Waals surface area contributed by atoms with Crippen LogP contribution in [-0.4, -0.2) is 5.78 Å². The van der Waals surface area contributed by atoms with Crippen molar-refractivity contribution in [3.05, 3.63) is 69.2 Å². The number of ketones is 1. The van der Waals surface area contributed by atoms with Crippen LogP contribution in [0.25, 0.3) is 0 Å². The van der Waals surface area contributed by atoms with Crippen molar-refractivity contribution in [2.45, 2.75) is 13.3 Å². The standard InChI is InChI=1S/C15H12Cl2O/c1-10-6-7-12(14(17)8-10)15(18)9-11-4-2-3-5-13(11)16/h2-8H,9H2,1H3. The summed E-state index contributed by atoms with van der Waals surface area (Å²) in [6.07, 6.45) is 0.266. The fraction of sp³-hybridized carbons (Fsp3) is 0.133. The molecule has 92 valence electrons. The monoisotopic (exact) mass is 278 g/mol. The quantitative estimate of drug-likeness (QED) is 0.742. The predicted octanol–water partition coefficient (Wildman–Crippen LogP) is 4.73. The van der Waals surface area contributed by atoms with Crippen molar-refractivity contribution in [2.24, 2.45) is 0 Å². The first kappa shape index (κ1) is 13.1. The molecular weight excluding hydrogens is 267 g/mol. The Labute approximate surface area is 116 Å². The largest absolute Gasteiger partial charge is 0.294 e. The topological polar surface area (TPSA) is 17.1 Å². The highest BCUT2D eigenvalue weighted by molar-refractivity contribution is 6.34. The van der Waals surface area contributed by atoms with E-state index in [1.165, 1.54) is 0 Å². The van der Waals surface area contributed by atoms with E-state index in [2.05, 4.69) is 0 Å². The van der Waals surface area contributed by atoms with Gasteiger partial charge in [0.2, 0.25) is 0 Å². The molecule has 0 aliphatic carbocycles. The van der Waals surface area contributed by atoms with Crippen LogP contribution in [0.15, 0.2) is 42.5 Å². The first-order valence-corrected chi connectivity index (χ1v) is 6.36. The molecule has 0 saturated carbocycles. The number of Topliss-reactive ketones (excluding diaryl/α,β-unsaturated/α-hetero) is 1. The Morgan fingerprint density at radius 3 is 2.44 bits per heavy atom. The maximum absolute atomic E-state index is 12.2. The second-order valence-electron chi connectivity index (χ2n) is 4.17. The van der Waals surface area contributed by atoms with Gasteiger partial charge in [-0.25, -0.2) is 0 Å². The Hall–Kier alpha value is -1.31. The molecule has 0 aromatic heterocycles. The van der Waals surface area contributed by atoms with Crippen LogP contribution in [0.4, 0.5) is 0 Å². The van der Waals surface area contributed by atoms with E-state index in [0.29, 0.717) is 15.6 Å². The summed E-state index contributed by atoms with van der Waals surface area (Å²) >= 11 is 12.1. The normalized spacial score (nSPS) is 10.4. The summed E-state index contributed by atoms with van der Waals surface area (Å²) in [6, 6.07) is 12.8. The van der Waals surface area contributed by atoms with Crippen molar-refractivity contribution in [2.75, 3.05) is 0 Å². The average Bonchev–Trinajstić information content (AvgIpc) is 2.32. The Morgan fingerprint density at radius 1 is 1.06 bits per heavy atom. The highest BCUT2D eigenvalue weighted by Gasteiger charge is 2.12. The van der Waals surface area contributed by atoms with Gasteiger partial charge in [0.15, 0.2) is 5.78 Å². The van der Waals surface area contributed by atoms with Crippen LogP contribution in [0.5, 0.6) is 0 Å². The molecule has 0 saturated heterocycles. The maximum atomic E-state index is 12.2. The Bertz CT molecular complexity index is 591. The first-order chi connectivity index (χ1) is 8.58. The van der Waals surface area contributed by atoms with Crippen LogP contribution in [0.3, 0.4) is 0 Å². The molecule has 18 heavy (non-hydrogen) atoms. The summed E-state index contributed by atoms with van der Waals surface area (Å²) in [7, 11) is 0. The van der Waals surface area contributed by atoms with Gasteiger partial charge in [-0.1, -0.05) is 47.5 Å². The van der Waals surface area contributed by atoms with Gasteiger partial charge >= 0.3 is 0 Å². The third-order valence-electron chi connectivity index (χ3n) is 2.73. The lowest BCUT2D eigenvalue weighted by Gasteiger charge is -2.06. The van der Waals surface area contributed by atoms with Gasteiger partial charge < -0.3 is 0 Å². The zero-order valence-electron chi connectivity index (χ0n) is 9.91. The van der Waals surface area contributed by atoms with Crippen molar-refractivity contribution in [1.82, 2.24) is 0 Å². The minimum absolute atomic E-state index is 0.0203. The maximum Gasteiger partial charge on any atom is 0.168 e. The van der Waals surface area contributed by atoms with Gasteiger partial charge in [0.1, 0.15) is 0 Å². The molecule has 1 nitrogen and oxygen atoms in total. The molecule has 2 aromatic rings. The Morgan fingerprint density at radius 2 is 1.78 bits per heavy atom. The summed E-state index contributed by atoms with van der Waals surface area (Å²) in [5.74, 6) is -0.0203. The zero-order valence-corrected chi connectivity index (χ0v) is 11.4. The lowest BCUT2D eigenvalue weighted by Crippen LogP contribution is -2.05. The van der Waals surface area contributed by atoms with E-state index < -0.39 is 0 Å². The van der Waals surface area contributed by atoms with Crippen molar-refractivity contribution < 1.29 is 4.79 Å². The molecule has 0 N–H and O–H groups in total. The number of hydrogen-bond donors (Lipinski definition) is 0. The zero-order chi connectivity index (χ0) is 13.1. The average molecular weight is 279 g/mol. The number of halogens is 2. The second kappa shape index (κ2) is 5.55. The molecule has 0 bridgehead atoms. The molecule has 0 radical (unpaired) electrons. The van der Waals surface area contributed by atoms with Crippen molar-refractivity contribution >= 4 is 29.0 Å². The highest BCUT2D eigenvalue weighted by Crippen LogP contribution is 2.22. The summed E-state index contributed by atoms with van der Waals surface area (Å²) in [6.45, 7) is 1.94. The van der Waals surface area contributed by atoms with Gasteiger partial charge in [0.25, 0.3) is 0 Å². The van der Waals surface area contributed by atoms with E-state index in [1.807, 2.05) is 31.2 Å². The molecule has 0 atom stereocenters. The molecule has 0 heterocycles. The van der Waals surface area contributed by atoms with Crippen molar-refractivity contribution in [1.29, 1.82) is 0 Å². The molecule has 3 heteroatoms. The van der Waals surface area contributed by atoms with E-state index in [1.54, 1.807) is 18.2 Å². The smallest absolute Gasteiger partial charge is 0.168 e. The van der Waals surface area contributed by atoms with Crippen LogP contribution < -0.4 is 0 Å². The van der Waals surface area contributed by atoms with Crippen molar-refractivity contribution in [3.63, 3.8) is 0 Å². The molecule has 0 fully saturated rings. The van der Waals surface area contributed by atoms with Gasteiger partial charge in [-0.15, -0.1) is 0 Å². The third kappa shape index (κ3) is 2.92. The van der Waals surface area contributed by atoms with Crippen molar-refractivity contribution in [3.8, 4) is 0 Å². The van der Waals surface area contributed by atoms with Crippen LogP contribution in [0.2, 0.25) is 10.0 Å². The van der Waals surface area contributed by atoms with E-state index in [9.17, 15) is 4.79 Å². The number of rotatable bonds is 3. The van der Waals surface area contributed by atoms with Gasteiger partial charge in [-0.05, 0) is 36.2 Å². The number of benzene rings is 2. The Kier molecular flexibility index (Phi) is 4.05. The SMILES string of the molecule is Cc1ccc(C(=O)Cc2ccccc2Cl)c(Cl)c1. The van der Waals surface area contributed by atoms with Gasteiger partial charge in [0, 0.05) is 17.0 Å². The number of carbonyl (C=O) groups excluding carboxylic acids is 1. The fourth-order valence-corrected chi connectivity index (χ4v) is 2.30. The van der Waals surface area contributed by atoms with Gasteiger partial charge in [-0.2, -0.15) is 0 Å². The summed E-state index contributed by atoms with van der Waals surface area (Å²) in [5, 5.41) is 1.10. The molecule has 2 rings (SSSR count). The molecule has 0 spiro atoms. The minimum Gasteiger partial charge on any atom is -0.294 e. The van der Waals surface area contributed by atoms with E-state index in [4.69, 9.17) is 23.2 Å². The van der Waals surface area contributed by atoms with Crippen LogP contribution in [0, 0.1) is 6.92 Å². The lowest BCUT2D eigenvalue weighted by atomic mass is 10.0. The summed E-state index contributed by atoms with van der Waals surface area (Å²) in [4.78, 5) is 12.2. The minimum atomic E-state index is -0.0203. The summed E-state index contributed by atoms with van der Waals surface area (Å²) in [5.41, 5.74) is 2.40. The highest BCUT2D eigenvalue weighted by atomic mass is 35.5. The predicted molar refractivity (Wildman–Crippen MR) is 75.7 cm³/mol. The number of carbonyl (C=O) groups is 1. The number of aryl methyl sites for hydroxylation is 1. The van der Waals surface area contributed by atoms with E-state index >= 15 is 0 Å². The molecule has 0 aliphatic heterocycles. The van der Waals surface area contributed by atoms with Crippen LogP contribution >= 0.6 is 23.2 Å². The molecule has 2 aromatic carbocycles. The van der Waals surface area contributed by atoms with Crippen LogP contribution in [-0.2, 0) is 6.42 Å². The first-order valence-electron chi connectivity index (χ1n) is 5.60. The fourth-order valence-electron chi connectivity index (χ4n) is 1.76. The second-order valence-corrected chi connectivity index (χ2v) is 4.99.